The van der Waals surface area contributed by atoms with Gasteiger partial charge in [-0.3, -0.25) is 20.0 Å². The molecule has 0 aliphatic rings. The second-order valence-electron chi connectivity index (χ2n) is 4.78. The van der Waals surface area contributed by atoms with Gasteiger partial charge < -0.3 is 0 Å². The number of pyridine rings is 1. The maximum absolute atomic E-state index is 10.9. The minimum atomic E-state index is -0.386. The maximum atomic E-state index is 10.9. The lowest BCUT2D eigenvalue weighted by molar-refractivity contribution is -0.384. The molecule has 110 valence electrons. The molecule has 0 fully saturated rings. The fourth-order valence-electron chi connectivity index (χ4n) is 2.18. The summed E-state index contributed by atoms with van der Waals surface area (Å²) in [5.41, 5.74) is 2.60. The van der Waals surface area contributed by atoms with E-state index in [0.717, 1.165) is 36.6 Å². The molecule has 0 aliphatic heterocycles. The molecule has 0 saturated heterocycles. The molecular weight excluding hydrogens is 266 g/mol. The quantitative estimate of drug-likeness (QED) is 0.602. The highest BCUT2D eigenvalue weighted by Gasteiger charge is 2.09. The van der Waals surface area contributed by atoms with E-state index in [4.69, 9.17) is 0 Å². The van der Waals surface area contributed by atoms with Crippen molar-refractivity contribution in [2.75, 3.05) is 13.1 Å². The lowest BCUT2D eigenvalue weighted by Gasteiger charge is -2.17. The lowest BCUT2D eigenvalue weighted by atomic mass is 10.1. The van der Waals surface area contributed by atoms with Crippen molar-refractivity contribution in [2.24, 2.45) is 0 Å². The lowest BCUT2D eigenvalue weighted by Crippen LogP contribution is -2.22. The minimum absolute atomic E-state index is 0.0865. The van der Waals surface area contributed by atoms with Gasteiger partial charge >= 0.3 is 0 Å². The first-order valence-corrected chi connectivity index (χ1v) is 7.07. The van der Waals surface area contributed by atoms with Crippen molar-refractivity contribution >= 4 is 5.69 Å². The Morgan fingerprint density at radius 3 is 2.52 bits per heavy atom. The van der Waals surface area contributed by atoms with Crippen LogP contribution in [0.25, 0.3) is 11.3 Å². The molecule has 2 aromatic rings. The highest BCUT2D eigenvalue weighted by Crippen LogP contribution is 2.22. The van der Waals surface area contributed by atoms with E-state index in [-0.39, 0.29) is 10.6 Å². The summed E-state index contributed by atoms with van der Waals surface area (Å²) < 4.78 is 0. The first kappa shape index (κ1) is 15.1. The van der Waals surface area contributed by atoms with E-state index in [1.54, 1.807) is 12.1 Å². The molecule has 0 N–H and O–H groups in total. The molecule has 1 aromatic heterocycles. The molecular formula is C16H19N3O2. The molecule has 0 amide bonds. The number of rotatable bonds is 6. The Labute approximate surface area is 124 Å². The van der Waals surface area contributed by atoms with Gasteiger partial charge in [-0.05, 0) is 25.2 Å². The second kappa shape index (κ2) is 6.95. The van der Waals surface area contributed by atoms with E-state index >= 15 is 0 Å². The van der Waals surface area contributed by atoms with Crippen molar-refractivity contribution in [3.63, 3.8) is 0 Å². The summed E-state index contributed by atoms with van der Waals surface area (Å²) in [4.78, 5) is 17.4. The van der Waals surface area contributed by atoms with Crippen LogP contribution in [0.1, 0.15) is 19.5 Å². The van der Waals surface area contributed by atoms with Crippen molar-refractivity contribution in [2.45, 2.75) is 20.4 Å². The fourth-order valence-corrected chi connectivity index (χ4v) is 2.18. The summed E-state index contributed by atoms with van der Waals surface area (Å²) in [5.74, 6) is 0. The van der Waals surface area contributed by atoms with Gasteiger partial charge in [0.15, 0.2) is 0 Å². The Morgan fingerprint density at radius 2 is 1.86 bits per heavy atom. The monoisotopic (exact) mass is 285 g/mol. The zero-order valence-electron chi connectivity index (χ0n) is 12.3. The smallest absolute Gasteiger partial charge is 0.270 e. The van der Waals surface area contributed by atoms with Crippen LogP contribution in [0.3, 0.4) is 0 Å². The van der Waals surface area contributed by atoms with E-state index < -0.39 is 0 Å². The predicted molar refractivity (Wildman–Crippen MR) is 83.0 cm³/mol. The number of hydrogen-bond donors (Lipinski definition) is 0. The maximum Gasteiger partial charge on any atom is 0.270 e. The van der Waals surface area contributed by atoms with Gasteiger partial charge in [-0.25, -0.2) is 0 Å². The van der Waals surface area contributed by atoms with Gasteiger partial charge in [0.1, 0.15) is 0 Å². The summed E-state index contributed by atoms with van der Waals surface area (Å²) in [5, 5.41) is 10.9. The first-order valence-electron chi connectivity index (χ1n) is 7.07. The molecule has 0 spiro atoms. The van der Waals surface area contributed by atoms with E-state index in [2.05, 4.69) is 23.7 Å². The molecule has 5 heteroatoms. The third-order valence-corrected chi connectivity index (χ3v) is 3.44. The normalized spacial score (nSPS) is 10.8. The fraction of sp³-hybridized carbons (Fsp3) is 0.312. The third-order valence-electron chi connectivity index (χ3n) is 3.44. The Morgan fingerprint density at radius 1 is 1.14 bits per heavy atom. The van der Waals surface area contributed by atoms with Crippen LogP contribution in [0.5, 0.6) is 0 Å². The first-order chi connectivity index (χ1) is 10.1. The van der Waals surface area contributed by atoms with Crippen LogP contribution in [-0.4, -0.2) is 27.9 Å². The molecule has 1 aromatic carbocycles. The summed E-state index contributed by atoms with van der Waals surface area (Å²) in [6.07, 6.45) is 0. The molecule has 0 unspecified atom stereocenters. The molecule has 2 rings (SSSR count). The number of hydrogen-bond acceptors (Lipinski definition) is 4. The third kappa shape index (κ3) is 3.86. The number of nitro groups is 1. The Balaban J connectivity index is 2.28. The van der Waals surface area contributed by atoms with Gasteiger partial charge in [0.2, 0.25) is 0 Å². The van der Waals surface area contributed by atoms with Crippen LogP contribution in [0, 0.1) is 10.1 Å². The summed E-state index contributed by atoms with van der Waals surface area (Å²) in [6, 6.07) is 12.4. The zero-order chi connectivity index (χ0) is 15.2. The van der Waals surface area contributed by atoms with Crippen LogP contribution in [0.2, 0.25) is 0 Å². The number of nitro benzene ring substituents is 1. The Bertz CT molecular complexity index is 624. The predicted octanol–water partition coefficient (Wildman–Crippen LogP) is 3.50. The topological polar surface area (TPSA) is 59.3 Å². The van der Waals surface area contributed by atoms with Gasteiger partial charge in [0.05, 0.1) is 16.3 Å². The van der Waals surface area contributed by atoms with E-state index in [0.29, 0.717) is 0 Å². The molecule has 0 bridgehead atoms. The van der Waals surface area contributed by atoms with E-state index in [1.807, 2.05) is 24.3 Å². The van der Waals surface area contributed by atoms with Gasteiger partial charge in [0.25, 0.3) is 5.69 Å². The standard InChI is InChI=1S/C16H19N3O2/c1-3-18(4-2)12-14-8-6-10-16(17-14)13-7-5-9-15(11-13)19(20)21/h5-11H,3-4,12H2,1-2H3. The van der Waals surface area contributed by atoms with Gasteiger partial charge in [-0.15, -0.1) is 0 Å². The Hall–Kier alpha value is -2.27. The van der Waals surface area contributed by atoms with E-state index in [9.17, 15) is 10.1 Å². The van der Waals surface area contributed by atoms with Gasteiger partial charge in [0, 0.05) is 24.2 Å². The van der Waals surface area contributed by atoms with Crippen molar-refractivity contribution in [3.8, 4) is 11.3 Å². The highest BCUT2D eigenvalue weighted by atomic mass is 16.6. The van der Waals surface area contributed by atoms with Crippen LogP contribution in [-0.2, 0) is 6.54 Å². The largest absolute Gasteiger partial charge is 0.298 e. The molecule has 0 radical (unpaired) electrons. The van der Waals surface area contributed by atoms with Crippen molar-refractivity contribution in [1.29, 1.82) is 0 Å². The number of benzene rings is 1. The molecule has 5 nitrogen and oxygen atoms in total. The zero-order valence-corrected chi connectivity index (χ0v) is 12.3. The molecule has 21 heavy (non-hydrogen) atoms. The van der Waals surface area contributed by atoms with Gasteiger partial charge in [-0.1, -0.05) is 32.0 Å². The number of aromatic nitrogens is 1. The summed E-state index contributed by atoms with van der Waals surface area (Å²) >= 11 is 0. The van der Waals surface area contributed by atoms with Crippen LogP contribution in [0.4, 0.5) is 5.69 Å². The second-order valence-corrected chi connectivity index (χ2v) is 4.78. The molecule has 0 atom stereocenters. The molecule has 1 heterocycles. The van der Waals surface area contributed by atoms with Gasteiger partial charge in [-0.2, -0.15) is 0 Å². The van der Waals surface area contributed by atoms with E-state index in [1.165, 1.54) is 6.07 Å². The highest BCUT2D eigenvalue weighted by molar-refractivity contribution is 5.62. The number of non-ortho nitro benzene ring substituents is 1. The minimum Gasteiger partial charge on any atom is -0.298 e. The van der Waals surface area contributed by atoms with Crippen LogP contribution < -0.4 is 0 Å². The van der Waals surface area contributed by atoms with Crippen molar-refractivity contribution in [1.82, 2.24) is 9.88 Å². The summed E-state index contributed by atoms with van der Waals surface area (Å²) in [6.45, 7) is 6.97. The Kier molecular flexibility index (Phi) is 5.00. The van der Waals surface area contributed by atoms with Crippen molar-refractivity contribution in [3.05, 3.63) is 58.3 Å². The molecule has 0 aliphatic carbocycles. The van der Waals surface area contributed by atoms with Crippen LogP contribution in [0.15, 0.2) is 42.5 Å². The average molecular weight is 285 g/mol. The average Bonchev–Trinajstić information content (AvgIpc) is 2.53. The number of nitrogens with zero attached hydrogens (tertiary/aromatic N) is 3. The summed E-state index contributed by atoms with van der Waals surface area (Å²) in [7, 11) is 0. The molecule has 0 saturated carbocycles. The van der Waals surface area contributed by atoms with Crippen molar-refractivity contribution < 1.29 is 4.92 Å². The van der Waals surface area contributed by atoms with Crippen LogP contribution >= 0.6 is 0 Å². The SMILES string of the molecule is CCN(CC)Cc1cccc(-c2cccc([N+](=O)[O-])c2)n1.